The lowest BCUT2D eigenvalue weighted by Crippen LogP contribution is -2.15. The lowest BCUT2D eigenvalue weighted by Gasteiger charge is -2.14. The highest BCUT2D eigenvalue weighted by Crippen LogP contribution is 2.17. The van der Waals surface area contributed by atoms with E-state index in [2.05, 4.69) is 10.1 Å². The Kier molecular flexibility index (Phi) is 4.52. The number of rotatable bonds is 6. The minimum atomic E-state index is 0.129. The Morgan fingerprint density at radius 3 is 2.84 bits per heavy atom. The van der Waals surface area contributed by atoms with Crippen molar-refractivity contribution in [1.82, 2.24) is 14.8 Å². The van der Waals surface area contributed by atoms with Gasteiger partial charge in [-0.3, -0.25) is 4.68 Å². The topological polar surface area (TPSA) is 60.2 Å². The van der Waals surface area contributed by atoms with E-state index < -0.39 is 0 Å². The minimum Gasteiger partial charge on any atom is -0.497 e. The Bertz CT molecular complexity index is 525. The maximum absolute atomic E-state index is 9.51. The number of aromatic nitrogens is 3. The third-order valence-corrected chi connectivity index (χ3v) is 3.19. The van der Waals surface area contributed by atoms with Gasteiger partial charge in [-0.1, -0.05) is 12.1 Å². The number of aryl methyl sites for hydroxylation is 1. The van der Waals surface area contributed by atoms with Crippen LogP contribution in [0, 0.1) is 5.92 Å². The summed E-state index contributed by atoms with van der Waals surface area (Å²) < 4.78 is 6.95. The van der Waals surface area contributed by atoms with E-state index in [0.29, 0.717) is 6.42 Å². The summed E-state index contributed by atoms with van der Waals surface area (Å²) >= 11 is 0. The maximum Gasteiger partial charge on any atom is 0.138 e. The molecule has 0 aliphatic heterocycles. The predicted octanol–water partition coefficient (Wildman–Crippen LogP) is 1.22. The van der Waals surface area contributed by atoms with Crippen LogP contribution in [0.1, 0.15) is 11.4 Å². The van der Waals surface area contributed by atoms with Crippen molar-refractivity contribution in [3.8, 4) is 5.75 Å². The smallest absolute Gasteiger partial charge is 0.138 e. The van der Waals surface area contributed by atoms with Crippen LogP contribution in [-0.2, 0) is 19.9 Å². The van der Waals surface area contributed by atoms with E-state index in [1.54, 1.807) is 11.8 Å². The molecule has 5 nitrogen and oxygen atoms in total. The number of hydrogen-bond acceptors (Lipinski definition) is 4. The number of methoxy groups -OCH3 is 1. The van der Waals surface area contributed by atoms with Crippen LogP contribution in [0.2, 0.25) is 0 Å². The van der Waals surface area contributed by atoms with Crippen LogP contribution in [0.3, 0.4) is 0 Å². The van der Waals surface area contributed by atoms with Gasteiger partial charge in [-0.05, 0) is 30.0 Å². The van der Waals surface area contributed by atoms with Gasteiger partial charge in [0.15, 0.2) is 0 Å². The van der Waals surface area contributed by atoms with Gasteiger partial charge in [-0.15, -0.1) is 0 Å². The predicted molar refractivity (Wildman–Crippen MR) is 72.0 cm³/mol. The summed E-state index contributed by atoms with van der Waals surface area (Å²) in [6.45, 7) is 0.129. The van der Waals surface area contributed by atoms with Crippen LogP contribution >= 0.6 is 0 Å². The molecule has 1 aromatic heterocycles. The highest BCUT2D eigenvalue weighted by molar-refractivity contribution is 5.28. The Morgan fingerprint density at radius 2 is 2.21 bits per heavy atom. The zero-order valence-corrected chi connectivity index (χ0v) is 11.3. The van der Waals surface area contributed by atoms with Crippen molar-refractivity contribution in [2.24, 2.45) is 13.0 Å². The van der Waals surface area contributed by atoms with Crippen molar-refractivity contribution in [3.63, 3.8) is 0 Å². The molecule has 2 rings (SSSR count). The minimum absolute atomic E-state index is 0.129. The molecule has 1 atom stereocenters. The van der Waals surface area contributed by atoms with Crippen LogP contribution < -0.4 is 4.74 Å². The summed E-state index contributed by atoms with van der Waals surface area (Å²) in [5.41, 5.74) is 1.15. The molecule has 0 spiro atoms. The number of aliphatic hydroxyl groups excluding tert-OH is 1. The van der Waals surface area contributed by atoms with Crippen molar-refractivity contribution >= 4 is 0 Å². The second-order valence-corrected chi connectivity index (χ2v) is 4.61. The van der Waals surface area contributed by atoms with E-state index in [0.717, 1.165) is 23.6 Å². The normalized spacial score (nSPS) is 12.4. The van der Waals surface area contributed by atoms with Crippen molar-refractivity contribution in [2.45, 2.75) is 12.8 Å². The molecule has 0 aliphatic carbocycles. The fraction of sp³-hybridized carbons (Fsp3) is 0.429. The first-order valence-corrected chi connectivity index (χ1v) is 6.29. The number of hydrogen-bond donors (Lipinski definition) is 1. The average Bonchev–Trinajstić information content (AvgIpc) is 2.83. The van der Waals surface area contributed by atoms with E-state index in [-0.39, 0.29) is 12.5 Å². The number of benzene rings is 1. The summed E-state index contributed by atoms with van der Waals surface area (Å²) in [5.74, 6) is 1.87. The molecule has 5 heteroatoms. The SMILES string of the molecule is COc1cccc(CC(CO)Cc2ncnn2C)c1. The molecular formula is C14H19N3O2. The Labute approximate surface area is 112 Å². The summed E-state index contributed by atoms with van der Waals surface area (Å²) in [5, 5.41) is 13.6. The third kappa shape index (κ3) is 3.54. The maximum atomic E-state index is 9.51. The number of aliphatic hydroxyl groups is 1. The molecule has 0 radical (unpaired) electrons. The Balaban J connectivity index is 2.04. The molecule has 1 aromatic carbocycles. The first kappa shape index (κ1) is 13.5. The van der Waals surface area contributed by atoms with E-state index >= 15 is 0 Å². The van der Waals surface area contributed by atoms with Crippen molar-refractivity contribution in [3.05, 3.63) is 42.0 Å². The summed E-state index contributed by atoms with van der Waals surface area (Å²) in [4.78, 5) is 4.19. The quantitative estimate of drug-likeness (QED) is 0.849. The molecule has 2 aromatic rings. The van der Waals surface area contributed by atoms with Gasteiger partial charge >= 0.3 is 0 Å². The van der Waals surface area contributed by atoms with Gasteiger partial charge in [0.25, 0.3) is 0 Å². The van der Waals surface area contributed by atoms with Crippen LogP contribution in [0.4, 0.5) is 0 Å². The summed E-state index contributed by atoms with van der Waals surface area (Å²) in [6, 6.07) is 7.92. The van der Waals surface area contributed by atoms with Crippen LogP contribution in [-0.4, -0.2) is 33.6 Å². The summed E-state index contributed by atoms with van der Waals surface area (Å²) in [7, 11) is 3.52. The van der Waals surface area contributed by atoms with Crippen LogP contribution in [0.15, 0.2) is 30.6 Å². The highest BCUT2D eigenvalue weighted by Gasteiger charge is 2.13. The molecule has 1 unspecified atom stereocenters. The molecule has 0 aliphatic rings. The van der Waals surface area contributed by atoms with E-state index in [1.165, 1.54) is 6.33 Å². The lowest BCUT2D eigenvalue weighted by molar-refractivity contribution is 0.222. The van der Waals surface area contributed by atoms with Gasteiger partial charge in [0.05, 0.1) is 7.11 Å². The van der Waals surface area contributed by atoms with Crippen molar-refractivity contribution in [1.29, 1.82) is 0 Å². The third-order valence-electron chi connectivity index (χ3n) is 3.19. The van der Waals surface area contributed by atoms with Crippen LogP contribution in [0.25, 0.3) is 0 Å². The fourth-order valence-electron chi connectivity index (χ4n) is 2.10. The lowest BCUT2D eigenvalue weighted by atomic mass is 9.96. The fourth-order valence-corrected chi connectivity index (χ4v) is 2.10. The van der Waals surface area contributed by atoms with Gasteiger partial charge in [-0.2, -0.15) is 5.10 Å². The number of ether oxygens (including phenoxy) is 1. The average molecular weight is 261 g/mol. The van der Waals surface area contributed by atoms with Gasteiger partial charge in [0.1, 0.15) is 17.9 Å². The molecule has 0 fully saturated rings. The number of nitrogens with zero attached hydrogens (tertiary/aromatic N) is 3. The zero-order valence-electron chi connectivity index (χ0n) is 11.3. The molecule has 1 heterocycles. The molecule has 102 valence electrons. The first-order chi connectivity index (χ1) is 9.22. The second-order valence-electron chi connectivity index (χ2n) is 4.61. The van der Waals surface area contributed by atoms with E-state index in [9.17, 15) is 5.11 Å². The van der Waals surface area contributed by atoms with Crippen molar-refractivity contribution < 1.29 is 9.84 Å². The molecule has 19 heavy (non-hydrogen) atoms. The molecule has 0 amide bonds. The summed E-state index contributed by atoms with van der Waals surface area (Å²) in [6.07, 6.45) is 3.04. The van der Waals surface area contributed by atoms with Gasteiger partial charge in [0, 0.05) is 20.1 Å². The molecule has 0 bridgehead atoms. The van der Waals surface area contributed by atoms with Gasteiger partial charge in [-0.25, -0.2) is 4.98 Å². The molecule has 1 N–H and O–H groups in total. The largest absolute Gasteiger partial charge is 0.497 e. The van der Waals surface area contributed by atoms with E-state index in [4.69, 9.17) is 4.74 Å². The monoisotopic (exact) mass is 261 g/mol. The van der Waals surface area contributed by atoms with Gasteiger partial charge in [0.2, 0.25) is 0 Å². The molecule has 0 saturated heterocycles. The Hall–Kier alpha value is -1.88. The Morgan fingerprint density at radius 1 is 1.37 bits per heavy atom. The van der Waals surface area contributed by atoms with Gasteiger partial charge < -0.3 is 9.84 Å². The highest BCUT2D eigenvalue weighted by atomic mass is 16.5. The second kappa shape index (κ2) is 6.33. The molecular weight excluding hydrogens is 242 g/mol. The van der Waals surface area contributed by atoms with Crippen molar-refractivity contribution in [2.75, 3.05) is 13.7 Å². The first-order valence-electron chi connectivity index (χ1n) is 6.29. The molecule has 0 saturated carbocycles. The zero-order chi connectivity index (χ0) is 13.7. The standard InChI is InChI=1S/C14H19N3O2/c1-17-14(15-10-16-17)8-12(9-18)6-11-4-3-5-13(7-11)19-2/h3-5,7,10,12,18H,6,8-9H2,1-2H3. The van der Waals surface area contributed by atoms with Crippen LogP contribution in [0.5, 0.6) is 5.75 Å². The van der Waals surface area contributed by atoms with E-state index in [1.807, 2.05) is 31.3 Å².